The molecule has 5 nitrogen and oxygen atoms in total. The standard InChI is InChI=1S/C17H19Cl2N3O2S/c1-21-8-10-22(11-9-21)17-5-3-2-4-16(17)20-25(23,24)13-6-7-14(18)15(19)12-13/h2-7,12,20H,8-11H2,1H3/p+1. The lowest BCUT2D eigenvalue weighted by Crippen LogP contribution is -3.12. The quantitative estimate of drug-likeness (QED) is 0.826. The summed E-state index contributed by atoms with van der Waals surface area (Å²) in [6.07, 6.45) is 0. The van der Waals surface area contributed by atoms with Gasteiger partial charge in [-0.25, -0.2) is 8.42 Å². The molecule has 0 aliphatic carbocycles. The molecule has 1 heterocycles. The lowest BCUT2D eigenvalue weighted by atomic mass is 10.2. The van der Waals surface area contributed by atoms with Crippen LogP contribution in [0.25, 0.3) is 0 Å². The van der Waals surface area contributed by atoms with E-state index in [9.17, 15) is 8.42 Å². The van der Waals surface area contributed by atoms with E-state index in [0.29, 0.717) is 10.7 Å². The summed E-state index contributed by atoms with van der Waals surface area (Å²) >= 11 is 11.8. The third kappa shape index (κ3) is 4.20. The number of quaternary nitrogens is 1. The van der Waals surface area contributed by atoms with Crippen molar-refractivity contribution in [1.29, 1.82) is 0 Å². The van der Waals surface area contributed by atoms with Crippen LogP contribution in [0.15, 0.2) is 47.4 Å². The molecule has 1 fully saturated rings. The lowest BCUT2D eigenvalue weighted by molar-refractivity contribution is -0.880. The van der Waals surface area contributed by atoms with Crippen molar-refractivity contribution >= 4 is 44.6 Å². The Hall–Kier alpha value is -1.47. The molecular formula is C17H20Cl2N3O2S+. The van der Waals surface area contributed by atoms with E-state index in [1.807, 2.05) is 18.2 Å². The van der Waals surface area contributed by atoms with Crippen molar-refractivity contribution in [3.05, 3.63) is 52.5 Å². The zero-order valence-electron chi connectivity index (χ0n) is 13.8. The fourth-order valence-corrected chi connectivity index (χ4v) is 4.28. The Morgan fingerprint density at radius 3 is 2.40 bits per heavy atom. The maximum atomic E-state index is 12.7. The molecule has 0 saturated carbocycles. The van der Waals surface area contributed by atoms with Gasteiger partial charge in [0.1, 0.15) is 0 Å². The van der Waals surface area contributed by atoms with E-state index in [1.165, 1.54) is 23.1 Å². The van der Waals surface area contributed by atoms with Crippen molar-refractivity contribution in [3.63, 3.8) is 0 Å². The first-order valence-corrected chi connectivity index (χ1v) is 10.2. The van der Waals surface area contributed by atoms with Gasteiger partial charge in [-0.1, -0.05) is 35.3 Å². The van der Waals surface area contributed by atoms with E-state index in [4.69, 9.17) is 23.2 Å². The molecule has 2 N–H and O–H groups in total. The summed E-state index contributed by atoms with van der Waals surface area (Å²) < 4.78 is 28.1. The number of nitrogens with zero attached hydrogens (tertiary/aromatic N) is 1. The van der Waals surface area contributed by atoms with Gasteiger partial charge in [-0.2, -0.15) is 0 Å². The number of benzene rings is 2. The van der Waals surface area contributed by atoms with Crippen LogP contribution in [0.2, 0.25) is 10.0 Å². The number of rotatable bonds is 4. The summed E-state index contributed by atoms with van der Waals surface area (Å²) in [5, 5.41) is 0.529. The molecule has 0 spiro atoms. The van der Waals surface area contributed by atoms with E-state index in [0.717, 1.165) is 31.9 Å². The van der Waals surface area contributed by atoms with Gasteiger partial charge in [0.2, 0.25) is 0 Å². The highest BCUT2D eigenvalue weighted by Crippen LogP contribution is 2.30. The molecule has 0 amide bonds. The largest absolute Gasteiger partial charge is 0.359 e. The maximum Gasteiger partial charge on any atom is 0.262 e. The molecule has 0 radical (unpaired) electrons. The van der Waals surface area contributed by atoms with Gasteiger partial charge in [0.25, 0.3) is 10.0 Å². The number of halogens is 2. The molecule has 1 aliphatic rings. The SMILES string of the molecule is C[NH+]1CCN(c2ccccc2NS(=O)(=O)c2ccc(Cl)c(Cl)c2)CC1. The summed E-state index contributed by atoms with van der Waals surface area (Å²) in [5.41, 5.74) is 1.45. The maximum absolute atomic E-state index is 12.7. The zero-order valence-corrected chi connectivity index (χ0v) is 16.1. The number of sulfonamides is 1. The van der Waals surface area contributed by atoms with Crippen molar-refractivity contribution < 1.29 is 13.3 Å². The number of hydrogen-bond acceptors (Lipinski definition) is 3. The fraction of sp³-hybridized carbons (Fsp3) is 0.294. The van der Waals surface area contributed by atoms with Gasteiger partial charge >= 0.3 is 0 Å². The van der Waals surface area contributed by atoms with Crippen LogP contribution in [0.1, 0.15) is 0 Å². The topological polar surface area (TPSA) is 53.9 Å². The number of nitrogens with one attached hydrogen (secondary N) is 2. The van der Waals surface area contributed by atoms with Crippen LogP contribution in [0, 0.1) is 0 Å². The van der Waals surface area contributed by atoms with Crippen LogP contribution < -0.4 is 14.5 Å². The first-order chi connectivity index (χ1) is 11.9. The van der Waals surface area contributed by atoms with Gasteiger partial charge in [0, 0.05) is 0 Å². The molecule has 1 aliphatic heterocycles. The second-order valence-corrected chi connectivity index (χ2v) is 8.64. The lowest BCUT2D eigenvalue weighted by Gasteiger charge is -2.33. The van der Waals surface area contributed by atoms with Crippen molar-refractivity contribution in [3.8, 4) is 0 Å². The minimum atomic E-state index is -3.75. The Kier molecular flexibility index (Phi) is 5.43. The molecule has 0 bridgehead atoms. The summed E-state index contributed by atoms with van der Waals surface area (Å²) in [6.45, 7) is 3.82. The van der Waals surface area contributed by atoms with Crippen molar-refractivity contribution in [2.45, 2.75) is 4.90 Å². The Labute approximate surface area is 158 Å². The van der Waals surface area contributed by atoms with Gasteiger partial charge < -0.3 is 9.80 Å². The number of anilines is 2. The third-order valence-corrected chi connectivity index (χ3v) is 6.41. The van der Waals surface area contributed by atoms with Gasteiger partial charge in [0.05, 0.1) is 59.5 Å². The van der Waals surface area contributed by atoms with E-state index in [1.54, 1.807) is 6.07 Å². The van der Waals surface area contributed by atoms with Crippen LogP contribution >= 0.6 is 23.2 Å². The van der Waals surface area contributed by atoms with Gasteiger partial charge in [0.15, 0.2) is 0 Å². The average Bonchev–Trinajstić information content (AvgIpc) is 2.58. The van der Waals surface area contributed by atoms with E-state index in [2.05, 4.69) is 16.7 Å². The van der Waals surface area contributed by atoms with Crippen LogP contribution in [0.4, 0.5) is 11.4 Å². The zero-order chi connectivity index (χ0) is 18.0. The summed E-state index contributed by atoms with van der Waals surface area (Å²) in [5.74, 6) is 0. The third-order valence-electron chi connectivity index (χ3n) is 4.31. The highest BCUT2D eigenvalue weighted by molar-refractivity contribution is 7.92. The number of piperazine rings is 1. The van der Waals surface area contributed by atoms with E-state index in [-0.39, 0.29) is 9.92 Å². The molecule has 0 atom stereocenters. The first kappa shape index (κ1) is 18.3. The highest BCUT2D eigenvalue weighted by atomic mass is 35.5. The molecule has 2 aromatic carbocycles. The van der Waals surface area contributed by atoms with Crippen LogP contribution in [-0.4, -0.2) is 41.6 Å². The molecule has 8 heteroatoms. The molecule has 1 saturated heterocycles. The number of likely N-dealkylation sites (N-methyl/N-ethyl adjacent to an activating group) is 1. The summed E-state index contributed by atoms with van der Waals surface area (Å²) in [7, 11) is -1.59. The molecule has 3 rings (SSSR count). The molecule has 2 aromatic rings. The number of hydrogen-bond donors (Lipinski definition) is 2. The smallest absolute Gasteiger partial charge is 0.262 e. The second kappa shape index (κ2) is 7.41. The highest BCUT2D eigenvalue weighted by Gasteiger charge is 2.22. The van der Waals surface area contributed by atoms with Crippen LogP contribution in [0.3, 0.4) is 0 Å². The summed E-state index contributed by atoms with van der Waals surface area (Å²) in [6, 6.07) is 11.7. The summed E-state index contributed by atoms with van der Waals surface area (Å²) in [4.78, 5) is 3.77. The molecule has 25 heavy (non-hydrogen) atoms. The Balaban J connectivity index is 1.88. The monoisotopic (exact) mass is 400 g/mol. The van der Waals surface area contributed by atoms with Crippen LogP contribution in [0.5, 0.6) is 0 Å². The second-order valence-electron chi connectivity index (χ2n) is 6.14. The Morgan fingerprint density at radius 2 is 1.72 bits per heavy atom. The molecule has 134 valence electrons. The Morgan fingerprint density at radius 1 is 1.04 bits per heavy atom. The minimum Gasteiger partial charge on any atom is -0.359 e. The normalized spacial score (nSPS) is 16.0. The van der Waals surface area contributed by atoms with Crippen molar-refractivity contribution in [2.24, 2.45) is 0 Å². The predicted molar refractivity (Wildman–Crippen MR) is 103 cm³/mol. The van der Waals surface area contributed by atoms with E-state index < -0.39 is 10.0 Å². The van der Waals surface area contributed by atoms with Gasteiger partial charge in [-0.15, -0.1) is 0 Å². The first-order valence-electron chi connectivity index (χ1n) is 8.00. The van der Waals surface area contributed by atoms with Gasteiger partial charge in [-0.3, -0.25) is 4.72 Å². The molecule has 0 unspecified atom stereocenters. The van der Waals surface area contributed by atoms with Gasteiger partial charge in [-0.05, 0) is 30.3 Å². The fourth-order valence-electron chi connectivity index (χ4n) is 2.81. The average molecular weight is 401 g/mol. The van der Waals surface area contributed by atoms with Crippen molar-refractivity contribution in [2.75, 3.05) is 42.8 Å². The minimum absolute atomic E-state index is 0.0829. The molecule has 0 aromatic heterocycles. The van der Waals surface area contributed by atoms with E-state index >= 15 is 0 Å². The molecular weight excluding hydrogens is 381 g/mol. The van der Waals surface area contributed by atoms with Crippen molar-refractivity contribution in [1.82, 2.24) is 0 Å². The predicted octanol–water partition coefficient (Wildman–Crippen LogP) is 2.13. The number of para-hydroxylation sites is 2. The Bertz CT molecular complexity index is 866. The van der Waals surface area contributed by atoms with Crippen LogP contribution in [-0.2, 0) is 10.0 Å².